The number of nitrogens with one attached hydrogen (secondary N) is 1. The molecule has 0 amide bonds. The maximum absolute atomic E-state index is 12.2. The highest BCUT2D eigenvalue weighted by Crippen LogP contribution is 2.28. The summed E-state index contributed by atoms with van der Waals surface area (Å²) in [5.74, 6) is 0.430. The highest BCUT2D eigenvalue weighted by Gasteiger charge is 2.22. The topological polar surface area (TPSA) is 64.0 Å². The van der Waals surface area contributed by atoms with Crippen molar-refractivity contribution in [1.29, 1.82) is 0 Å². The Morgan fingerprint density at radius 1 is 1.35 bits per heavy atom. The highest BCUT2D eigenvalue weighted by molar-refractivity contribution is 7.94. The molecule has 0 fully saturated rings. The van der Waals surface area contributed by atoms with Gasteiger partial charge in [-0.2, -0.15) is 5.10 Å². The summed E-state index contributed by atoms with van der Waals surface area (Å²) in [6.45, 7) is 6.06. The van der Waals surface area contributed by atoms with Gasteiger partial charge in [-0.25, -0.2) is 8.42 Å². The summed E-state index contributed by atoms with van der Waals surface area (Å²) in [7, 11) is -1.92. The van der Waals surface area contributed by atoms with Crippen LogP contribution >= 0.6 is 22.9 Å². The van der Waals surface area contributed by atoms with Crippen molar-refractivity contribution in [1.82, 2.24) is 9.78 Å². The number of rotatable bonds is 3. The second-order valence-corrected chi connectivity index (χ2v) is 9.08. The molecule has 0 aliphatic carbocycles. The molecule has 2 aromatic rings. The van der Waals surface area contributed by atoms with Gasteiger partial charge in [0.25, 0.3) is 10.0 Å². The third-order valence-electron chi connectivity index (χ3n) is 2.70. The van der Waals surface area contributed by atoms with Crippen LogP contribution in [0.4, 0.5) is 5.82 Å². The van der Waals surface area contributed by atoms with Gasteiger partial charge in [-0.15, -0.1) is 11.3 Å². The zero-order valence-electron chi connectivity index (χ0n) is 11.6. The van der Waals surface area contributed by atoms with Gasteiger partial charge in [-0.05, 0) is 12.1 Å². The second-order valence-electron chi connectivity index (χ2n) is 5.45. The zero-order chi connectivity index (χ0) is 15.1. The molecule has 1 N–H and O–H groups in total. The van der Waals surface area contributed by atoms with E-state index in [1.165, 1.54) is 10.7 Å². The van der Waals surface area contributed by atoms with Crippen molar-refractivity contribution in [3.63, 3.8) is 0 Å². The van der Waals surface area contributed by atoms with Crippen LogP contribution in [0, 0.1) is 0 Å². The number of hydrogen-bond donors (Lipinski definition) is 1. The summed E-state index contributed by atoms with van der Waals surface area (Å²) in [6.07, 6.45) is 0. The molecule has 2 rings (SSSR count). The normalized spacial score (nSPS) is 12.7. The van der Waals surface area contributed by atoms with Crippen LogP contribution in [0.15, 0.2) is 22.4 Å². The van der Waals surface area contributed by atoms with Gasteiger partial charge < -0.3 is 0 Å². The lowest BCUT2D eigenvalue weighted by Crippen LogP contribution is -2.14. The predicted octanol–water partition coefficient (Wildman–Crippen LogP) is 3.23. The minimum Gasteiger partial charge on any atom is -0.263 e. The smallest absolute Gasteiger partial charge is 0.263 e. The number of halogens is 1. The molecule has 0 aliphatic rings. The molecule has 20 heavy (non-hydrogen) atoms. The summed E-state index contributed by atoms with van der Waals surface area (Å²) in [5, 5.41) is 4.33. The molecule has 0 unspecified atom stereocenters. The number of nitrogens with zero attached hydrogens (tertiary/aromatic N) is 2. The summed E-state index contributed by atoms with van der Waals surface area (Å²) in [4.78, 5) is 0. The predicted molar refractivity (Wildman–Crippen MR) is 82.0 cm³/mol. The van der Waals surface area contributed by atoms with Crippen molar-refractivity contribution >= 4 is 38.8 Å². The number of hydrogen-bond acceptors (Lipinski definition) is 4. The number of anilines is 1. The van der Waals surface area contributed by atoms with Gasteiger partial charge in [0.15, 0.2) is 0 Å². The molecule has 5 nitrogen and oxygen atoms in total. The van der Waals surface area contributed by atoms with Gasteiger partial charge in [-0.1, -0.05) is 32.4 Å². The SMILES string of the molecule is Cn1nc(C(C)(C)C)cc1NS(=O)(=O)c1ccc(Cl)s1. The Morgan fingerprint density at radius 2 is 2.00 bits per heavy atom. The van der Waals surface area contributed by atoms with E-state index in [0.29, 0.717) is 10.2 Å². The Balaban J connectivity index is 2.33. The molecule has 8 heteroatoms. The molecule has 2 aromatic heterocycles. The average Bonchev–Trinajstić information content (AvgIpc) is 2.85. The van der Waals surface area contributed by atoms with Crippen molar-refractivity contribution in [2.45, 2.75) is 30.4 Å². The zero-order valence-corrected chi connectivity index (χ0v) is 14.0. The molecule has 0 saturated carbocycles. The van der Waals surface area contributed by atoms with Crippen LogP contribution in [0.25, 0.3) is 0 Å². The number of aryl methyl sites for hydroxylation is 1. The van der Waals surface area contributed by atoms with Crippen molar-refractivity contribution in [3.8, 4) is 0 Å². The van der Waals surface area contributed by atoms with Crippen molar-refractivity contribution < 1.29 is 8.42 Å². The van der Waals surface area contributed by atoms with E-state index in [9.17, 15) is 8.42 Å². The van der Waals surface area contributed by atoms with E-state index >= 15 is 0 Å². The largest absolute Gasteiger partial charge is 0.272 e. The first-order valence-electron chi connectivity index (χ1n) is 5.92. The summed E-state index contributed by atoms with van der Waals surface area (Å²) >= 11 is 6.79. The van der Waals surface area contributed by atoms with Crippen LogP contribution in [0.5, 0.6) is 0 Å². The molecular weight excluding hydrogens is 318 g/mol. The highest BCUT2D eigenvalue weighted by atomic mass is 35.5. The van der Waals surface area contributed by atoms with E-state index < -0.39 is 10.0 Å². The lowest BCUT2D eigenvalue weighted by Gasteiger charge is -2.13. The van der Waals surface area contributed by atoms with Gasteiger partial charge in [0, 0.05) is 18.5 Å². The first kappa shape index (κ1) is 15.3. The van der Waals surface area contributed by atoms with Gasteiger partial charge in [0.1, 0.15) is 10.0 Å². The first-order valence-corrected chi connectivity index (χ1v) is 8.60. The Hall–Kier alpha value is -1.05. The Labute approximate surface area is 127 Å². The average molecular weight is 334 g/mol. The van der Waals surface area contributed by atoms with E-state index in [0.717, 1.165) is 17.0 Å². The third kappa shape index (κ3) is 3.16. The molecule has 0 bridgehead atoms. The fourth-order valence-electron chi connectivity index (χ4n) is 1.56. The van der Waals surface area contributed by atoms with E-state index in [4.69, 9.17) is 11.6 Å². The fourth-order valence-corrected chi connectivity index (χ4v) is 4.12. The Kier molecular flexibility index (Phi) is 3.88. The number of thiophene rings is 1. The molecule has 0 spiro atoms. The van der Waals surface area contributed by atoms with E-state index in [2.05, 4.69) is 9.82 Å². The van der Waals surface area contributed by atoms with Crippen LogP contribution in [-0.2, 0) is 22.5 Å². The molecule has 0 saturated heterocycles. The fraction of sp³-hybridized carbons (Fsp3) is 0.417. The standard InChI is InChI=1S/C12H16ClN3O2S2/c1-12(2,3)8-7-10(16(4)14-8)15-20(17,18)11-6-5-9(13)19-11/h5-7,15H,1-4H3. The lowest BCUT2D eigenvalue weighted by atomic mass is 9.92. The van der Waals surface area contributed by atoms with E-state index in [-0.39, 0.29) is 9.62 Å². The molecule has 0 aliphatic heterocycles. The van der Waals surface area contributed by atoms with Crippen molar-refractivity contribution in [3.05, 3.63) is 28.2 Å². The van der Waals surface area contributed by atoms with E-state index in [1.807, 2.05) is 20.8 Å². The van der Waals surface area contributed by atoms with Crippen LogP contribution in [-0.4, -0.2) is 18.2 Å². The minimum absolute atomic E-state index is 0.145. The van der Waals surface area contributed by atoms with Crippen LogP contribution in [0.3, 0.4) is 0 Å². The first-order chi connectivity index (χ1) is 9.09. The number of aromatic nitrogens is 2. The number of sulfonamides is 1. The maximum atomic E-state index is 12.2. The summed E-state index contributed by atoms with van der Waals surface area (Å²) < 4.78 is 29.1. The monoisotopic (exact) mass is 333 g/mol. The molecule has 0 atom stereocenters. The molecule has 110 valence electrons. The molecule has 2 heterocycles. The Bertz CT molecular complexity index is 726. The van der Waals surface area contributed by atoms with E-state index in [1.54, 1.807) is 19.2 Å². The molecule has 0 aromatic carbocycles. The van der Waals surface area contributed by atoms with Crippen LogP contribution < -0.4 is 4.72 Å². The van der Waals surface area contributed by atoms with Gasteiger partial charge in [0.05, 0.1) is 10.0 Å². The lowest BCUT2D eigenvalue weighted by molar-refractivity contribution is 0.553. The van der Waals surface area contributed by atoms with Crippen molar-refractivity contribution in [2.75, 3.05) is 4.72 Å². The summed E-state index contributed by atoms with van der Waals surface area (Å²) in [5.41, 5.74) is 0.676. The van der Waals surface area contributed by atoms with Crippen LogP contribution in [0.2, 0.25) is 4.34 Å². The molecular formula is C12H16ClN3O2S2. The third-order valence-corrected chi connectivity index (χ3v) is 5.78. The van der Waals surface area contributed by atoms with Crippen molar-refractivity contribution in [2.24, 2.45) is 7.05 Å². The second kappa shape index (κ2) is 5.05. The van der Waals surface area contributed by atoms with Gasteiger partial charge in [-0.3, -0.25) is 9.40 Å². The minimum atomic E-state index is -3.62. The summed E-state index contributed by atoms with van der Waals surface area (Å²) in [6, 6.07) is 4.79. The Morgan fingerprint density at radius 3 is 2.45 bits per heavy atom. The van der Waals surface area contributed by atoms with Gasteiger partial charge in [0.2, 0.25) is 0 Å². The van der Waals surface area contributed by atoms with Crippen LogP contribution in [0.1, 0.15) is 26.5 Å². The molecule has 0 radical (unpaired) electrons. The quantitative estimate of drug-likeness (QED) is 0.937. The maximum Gasteiger partial charge on any atom is 0.272 e. The van der Waals surface area contributed by atoms with Gasteiger partial charge >= 0.3 is 0 Å².